The van der Waals surface area contributed by atoms with Crippen LogP contribution in [0, 0.1) is 13.0 Å². The molecule has 0 fully saturated rings. The minimum Gasteiger partial charge on any atom is -0.368 e. The van der Waals surface area contributed by atoms with Crippen LogP contribution in [0.5, 0.6) is 0 Å². The Bertz CT molecular complexity index is 652. The van der Waals surface area contributed by atoms with Crippen molar-refractivity contribution < 1.29 is 20.1 Å². The number of hydrogen-bond donors (Lipinski definition) is 0. The largest absolute Gasteiger partial charge is 0.368 e. The Balaban J connectivity index is 0.000000963. The van der Waals surface area contributed by atoms with Crippen molar-refractivity contribution in [3.8, 4) is 0 Å². The van der Waals surface area contributed by atoms with E-state index in [-0.39, 0.29) is 20.1 Å². The molecular weight excluding hydrogens is 374 g/mol. The van der Waals surface area contributed by atoms with Crippen LogP contribution in [0.15, 0.2) is 36.4 Å². The SMILES string of the molecule is Cc1[c-]cc2c3ccccc3n(C)c2c1.[Ir]. The summed E-state index contributed by atoms with van der Waals surface area (Å²) in [6.45, 7) is 2.08. The maximum Gasteiger partial charge on any atom is 0.0346 e. The molecule has 0 aliphatic heterocycles. The van der Waals surface area contributed by atoms with Gasteiger partial charge >= 0.3 is 0 Å². The van der Waals surface area contributed by atoms with Gasteiger partial charge in [-0.2, -0.15) is 17.7 Å². The average Bonchev–Trinajstić information content (AvgIpc) is 2.54. The van der Waals surface area contributed by atoms with E-state index in [0.29, 0.717) is 0 Å². The Hall–Kier alpha value is -1.11. The molecule has 0 bridgehead atoms. The first-order chi connectivity index (χ1) is 7.27. The van der Waals surface area contributed by atoms with Gasteiger partial charge in [-0.1, -0.05) is 30.6 Å². The third kappa shape index (κ3) is 1.50. The van der Waals surface area contributed by atoms with Gasteiger partial charge in [-0.3, -0.25) is 0 Å². The molecule has 0 spiro atoms. The second-order valence-electron chi connectivity index (χ2n) is 3.99. The first-order valence-electron chi connectivity index (χ1n) is 5.13. The van der Waals surface area contributed by atoms with E-state index in [4.69, 9.17) is 0 Å². The number of benzene rings is 2. The van der Waals surface area contributed by atoms with Crippen LogP contribution in [0.4, 0.5) is 0 Å². The predicted molar refractivity (Wildman–Crippen MR) is 64.0 cm³/mol. The van der Waals surface area contributed by atoms with Crippen molar-refractivity contribution in [1.82, 2.24) is 4.57 Å². The van der Waals surface area contributed by atoms with E-state index < -0.39 is 0 Å². The molecule has 2 heteroatoms. The minimum atomic E-state index is 0. The van der Waals surface area contributed by atoms with E-state index in [1.165, 1.54) is 27.4 Å². The molecule has 0 saturated heterocycles. The molecule has 3 rings (SSSR count). The Morgan fingerprint density at radius 3 is 2.62 bits per heavy atom. The van der Waals surface area contributed by atoms with Crippen molar-refractivity contribution in [2.75, 3.05) is 0 Å². The van der Waals surface area contributed by atoms with Crippen LogP contribution >= 0.6 is 0 Å². The molecule has 2 aromatic carbocycles. The molecule has 1 aromatic heterocycles. The third-order valence-corrected chi connectivity index (χ3v) is 2.99. The van der Waals surface area contributed by atoms with Crippen molar-refractivity contribution in [3.05, 3.63) is 48.0 Å². The summed E-state index contributed by atoms with van der Waals surface area (Å²) in [5.41, 5.74) is 3.76. The Morgan fingerprint density at radius 2 is 1.81 bits per heavy atom. The van der Waals surface area contributed by atoms with Gasteiger partial charge in [0.05, 0.1) is 0 Å². The monoisotopic (exact) mass is 387 g/mol. The number of para-hydroxylation sites is 1. The number of rotatable bonds is 0. The van der Waals surface area contributed by atoms with Gasteiger partial charge in [0, 0.05) is 32.7 Å². The zero-order valence-corrected chi connectivity index (χ0v) is 11.6. The van der Waals surface area contributed by atoms with Crippen LogP contribution < -0.4 is 0 Å². The van der Waals surface area contributed by atoms with Gasteiger partial charge in [0.25, 0.3) is 0 Å². The molecule has 0 aliphatic carbocycles. The molecule has 1 nitrogen and oxygen atoms in total. The van der Waals surface area contributed by atoms with E-state index >= 15 is 0 Å². The minimum absolute atomic E-state index is 0. The van der Waals surface area contributed by atoms with Gasteiger partial charge in [0.15, 0.2) is 0 Å². The molecule has 16 heavy (non-hydrogen) atoms. The first kappa shape index (κ1) is 11.4. The van der Waals surface area contributed by atoms with Gasteiger partial charge in [-0.15, -0.1) is 11.5 Å². The second kappa shape index (κ2) is 4.04. The van der Waals surface area contributed by atoms with Crippen LogP contribution in [0.2, 0.25) is 0 Å². The summed E-state index contributed by atoms with van der Waals surface area (Å²) in [4.78, 5) is 0. The molecule has 0 aliphatic rings. The Morgan fingerprint density at radius 1 is 1.06 bits per heavy atom. The molecule has 83 valence electrons. The number of nitrogens with zero attached hydrogens (tertiary/aromatic N) is 1. The summed E-state index contributed by atoms with van der Waals surface area (Å²) in [5.74, 6) is 0. The van der Waals surface area contributed by atoms with Crippen molar-refractivity contribution in [3.63, 3.8) is 0 Å². The van der Waals surface area contributed by atoms with Crippen LogP contribution in [0.3, 0.4) is 0 Å². The van der Waals surface area contributed by atoms with Gasteiger partial charge < -0.3 is 4.57 Å². The summed E-state index contributed by atoms with van der Waals surface area (Å²) in [5, 5.41) is 2.60. The molecular formula is C14H12IrN-. The zero-order chi connectivity index (χ0) is 10.4. The third-order valence-electron chi connectivity index (χ3n) is 2.99. The van der Waals surface area contributed by atoms with E-state index in [0.717, 1.165) is 0 Å². The number of aromatic nitrogens is 1. The quantitative estimate of drug-likeness (QED) is 0.522. The summed E-state index contributed by atoms with van der Waals surface area (Å²) in [7, 11) is 2.12. The van der Waals surface area contributed by atoms with Crippen LogP contribution in [-0.4, -0.2) is 4.57 Å². The summed E-state index contributed by atoms with van der Waals surface area (Å²) in [6.07, 6.45) is 0. The fourth-order valence-electron chi connectivity index (χ4n) is 2.20. The fraction of sp³-hybridized carbons (Fsp3) is 0.143. The van der Waals surface area contributed by atoms with Gasteiger partial charge in [-0.25, -0.2) is 0 Å². The smallest absolute Gasteiger partial charge is 0.0346 e. The molecule has 0 atom stereocenters. The van der Waals surface area contributed by atoms with Gasteiger partial charge in [0.2, 0.25) is 0 Å². The number of aryl methyl sites for hydroxylation is 2. The van der Waals surface area contributed by atoms with Crippen LogP contribution in [0.25, 0.3) is 21.8 Å². The molecule has 0 N–H and O–H groups in total. The second-order valence-corrected chi connectivity index (χ2v) is 3.99. The van der Waals surface area contributed by atoms with Gasteiger partial charge in [-0.05, 0) is 11.5 Å². The Labute approximate surface area is 108 Å². The normalized spacial score (nSPS) is 10.6. The average molecular weight is 386 g/mol. The maximum atomic E-state index is 3.27. The molecule has 0 unspecified atom stereocenters. The van der Waals surface area contributed by atoms with Crippen molar-refractivity contribution in [1.29, 1.82) is 0 Å². The molecule has 3 aromatic rings. The van der Waals surface area contributed by atoms with Crippen molar-refractivity contribution in [2.24, 2.45) is 7.05 Å². The van der Waals surface area contributed by atoms with Crippen molar-refractivity contribution >= 4 is 21.8 Å². The zero-order valence-electron chi connectivity index (χ0n) is 9.24. The molecule has 0 saturated carbocycles. The maximum absolute atomic E-state index is 3.27. The van der Waals surface area contributed by atoms with E-state index in [1.54, 1.807) is 0 Å². The van der Waals surface area contributed by atoms with Crippen LogP contribution in [-0.2, 0) is 27.2 Å². The Kier molecular flexibility index (Phi) is 2.88. The summed E-state index contributed by atoms with van der Waals surface area (Å²) < 4.78 is 2.24. The van der Waals surface area contributed by atoms with Crippen molar-refractivity contribution in [2.45, 2.75) is 6.92 Å². The van der Waals surface area contributed by atoms with Gasteiger partial charge in [0.1, 0.15) is 0 Å². The number of fused-ring (bicyclic) bond motifs is 3. The topological polar surface area (TPSA) is 4.93 Å². The van der Waals surface area contributed by atoms with E-state index in [1.807, 2.05) is 0 Å². The standard InChI is InChI=1S/C14H12N.Ir/c1-10-7-8-12-11-5-3-4-6-13(11)15(2)14(12)9-10;/h3-6,8-9H,1-2H3;/q-1;. The van der Waals surface area contributed by atoms with E-state index in [9.17, 15) is 0 Å². The fourth-order valence-corrected chi connectivity index (χ4v) is 2.20. The first-order valence-corrected chi connectivity index (χ1v) is 5.13. The molecule has 1 radical (unpaired) electrons. The molecule has 1 heterocycles. The van der Waals surface area contributed by atoms with E-state index in [2.05, 4.69) is 61.0 Å². The summed E-state index contributed by atoms with van der Waals surface area (Å²) >= 11 is 0. The molecule has 0 amide bonds. The predicted octanol–water partition coefficient (Wildman–Crippen LogP) is 3.44. The number of hydrogen-bond acceptors (Lipinski definition) is 0. The summed E-state index contributed by atoms with van der Waals surface area (Å²) in [6, 6.07) is 16.0. The van der Waals surface area contributed by atoms with Crippen LogP contribution in [0.1, 0.15) is 5.56 Å².